The molecule has 0 spiro atoms. The van der Waals surface area contributed by atoms with Crippen LogP contribution in [0.2, 0.25) is 0 Å². The average molecular weight is 339 g/mol. The number of benzene rings is 2. The molecule has 0 saturated heterocycles. The molecule has 0 atom stereocenters. The van der Waals surface area contributed by atoms with Crippen LogP contribution < -0.4 is 11.1 Å². The van der Waals surface area contributed by atoms with Crippen molar-refractivity contribution < 1.29 is 9.59 Å². The fourth-order valence-electron chi connectivity index (χ4n) is 2.62. The Morgan fingerprint density at radius 1 is 1.04 bits per heavy atom. The van der Waals surface area contributed by atoms with Crippen molar-refractivity contribution in [3.63, 3.8) is 0 Å². The van der Waals surface area contributed by atoms with E-state index in [1.54, 1.807) is 6.07 Å². The second-order valence-electron chi connectivity index (χ2n) is 6.41. The number of aryl methyl sites for hydroxylation is 1. The number of nitrogens with two attached hydrogens (primary N) is 1. The molecule has 0 aliphatic heterocycles. The summed E-state index contributed by atoms with van der Waals surface area (Å²) in [7, 11) is 0. The monoisotopic (exact) mass is 339 g/mol. The van der Waals surface area contributed by atoms with Gasteiger partial charge in [-0.15, -0.1) is 0 Å². The first-order valence-electron chi connectivity index (χ1n) is 8.32. The zero-order valence-corrected chi connectivity index (χ0v) is 15.2. The number of hydrogen-bond acceptors (Lipinski definition) is 3. The first-order chi connectivity index (χ1) is 11.8. The molecule has 0 heterocycles. The molecular weight excluding hydrogens is 314 g/mol. The molecule has 2 aromatic rings. The second-order valence-corrected chi connectivity index (χ2v) is 6.41. The van der Waals surface area contributed by atoms with Crippen LogP contribution in [-0.2, 0) is 4.79 Å². The molecule has 0 aliphatic rings. The summed E-state index contributed by atoms with van der Waals surface area (Å²) in [5.41, 5.74) is 9.76. The van der Waals surface area contributed by atoms with Gasteiger partial charge in [0.2, 0.25) is 5.91 Å². The number of amides is 2. The van der Waals surface area contributed by atoms with Gasteiger partial charge in [0.05, 0.1) is 17.8 Å². The Balaban J connectivity index is 2.38. The number of nitrogens with one attached hydrogen (secondary N) is 1. The Hall–Kier alpha value is -2.82. The lowest BCUT2D eigenvalue weighted by molar-refractivity contribution is -0.119. The normalized spacial score (nSPS) is 10.6. The molecule has 0 unspecified atom stereocenters. The van der Waals surface area contributed by atoms with Crippen LogP contribution in [0.3, 0.4) is 0 Å². The van der Waals surface area contributed by atoms with Crippen molar-refractivity contribution in [2.24, 2.45) is 5.73 Å². The van der Waals surface area contributed by atoms with Gasteiger partial charge < -0.3 is 16.0 Å². The van der Waals surface area contributed by atoms with E-state index in [-0.39, 0.29) is 18.5 Å². The topological polar surface area (TPSA) is 75.4 Å². The number of nitrogens with zero attached hydrogens (tertiary/aromatic N) is 1. The summed E-state index contributed by atoms with van der Waals surface area (Å²) < 4.78 is 0. The summed E-state index contributed by atoms with van der Waals surface area (Å²) in [4.78, 5) is 25.8. The minimum atomic E-state index is -0.526. The highest BCUT2D eigenvalue weighted by molar-refractivity contribution is 6.01. The average Bonchev–Trinajstić information content (AvgIpc) is 2.56. The number of anilines is 2. The van der Waals surface area contributed by atoms with Gasteiger partial charge in [0, 0.05) is 11.7 Å². The predicted octanol–water partition coefficient (Wildman–Crippen LogP) is 3.38. The SMILES string of the molecule is Cc1cccc(Nc2ccccc2C(=O)N(CC(N)=O)C(C)C)c1C. The largest absolute Gasteiger partial charge is 0.368 e. The van der Waals surface area contributed by atoms with E-state index in [0.29, 0.717) is 11.3 Å². The Morgan fingerprint density at radius 3 is 2.32 bits per heavy atom. The van der Waals surface area contributed by atoms with Crippen molar-refractivity contribution in [2.75, 3.05) is 11.9 Å². The van der Waals surface area contributed by atoms with Crippen LogP contribution in [0, 0.1) is 13.8 Å². The number of para-hydroxylation sites is 1. The summed E-state index contributed by atoms with van der Waals surface area (Å²) in [5.74, 6) is -0.746. The van der Waals surface area contributed by atoms with E-state index in [0.717, 1.165) is 11.3 Å². The van der Waals surface area contributed by atoms with E-state index in [4.69, 9.17) is 5.73 Å². The van der Waals surface area contributed by atoms with Crippen molar-refractivity contribution in [2.45, 2.75) is 33.7 Å². The van der Waals surface area contributed by atoms with Crippen LogP contribution in [0.25, 0.3) is 0 Å². The Kier molecular flexibility index (Phi) is 5.80. The quantitative estimate of drug-likeness (QED) is 0.847. The zero-order chi connectivity index (χ0) is 18.6. The second kappa shape index (κ2) is 7.83. The van der Waals surface area contributed by atoms with E-state index >= 15 is 0 Å². The number of rotatable bonds is 6. The summed E-state index contributed by atoms with van der Waals surface area (Å²) >= 11 is 0. The fourth-order valence-corrected chi connectivity index (χ4v) is 2.62. The lowest BCUT2D eigenvalue weighted by atomic mass is 10.1. The van der Waals surface area contributed by atoms with Crippen molar-refractivity contribution >= 4 is 23.2 Å². The molecule has 132 valence electrons. The van der Waals surface area contributed by atoms with Gasteiger partial charge in [-0.1, -0.05) is 24.3 Å². The predicted molar refractivity (Wildman–Crippen MR) is 101 cm³/mol. The first-order valence-corrected chi connectivity index (χ1v) is 8.32. The van der Waals surface area contributed by atoms with E-state index < -0.39 is 5.91 Å². The minimum Gasteiger partial charge on any atom is -0.368 e. The van der Waals surface area contributed by atoms with Gasteiger partial charge in [-0.05, 0) is 57.0 Å². The lowest BCUT2D eigenvalue weighted by Crippen LogP contribution is -2.42. The smallest absolute Gasteiger partial charge is 0.256 e. The van der Waals surface area contributed by atoms with Crippen LogP contribution in [0.4, 0.5) is 11.4 Å². The maximum absolute atomic E-state index is 13.0. The van der Waals surface area contributed by atoms with Crippen molar-refractivity contribution in [3.05, 3.63) is 59.2 Å². The molecule has 25 heavy (non-hydrogen) atoms. The van der Waals surface area contributed by atoms with Gasteiger partial charge in [0.1, 0.15) is 0 Å². The van der Waals surface area contributed by atoms with Crippen LogP contribution in [0.15, 0.2) is 42.5 Å². The van der Waals surface area contributed by atoms with Gasteiger partial charge in [0.15, 0.2) is 0 Å². The molecule has 0 aliphatic carbocycles. The third-order valence-electron chi connectivity index (χ3n) is 4.24. The third kappa shape index (κ3) is 4.38. The maximum Gasteiger partial charge on any atom is 0.256 e. The first kappa shape index (κ1) is 18.5. The molecule has 2 aromatic carbocycles. The summed E-state index contributed by atoms with van der Waals surface area (Å²) in [6.45, 7) is 7.71. The molecule has 0 aromatic heterocycles. The van der Waals surface area contributed by atoms with Crippen LogP contribution in [0.1, 0.15) is 35.3 Å². The lowest BCUT2D eigenvalue weighted by Gasteiger charge is -2.26. The van der Waals surface area contributed by atoms with Crippen LogP contribution in [-0.4, -0.2) is 29.3 Å². The third-order valence-corrected chi connectivity index (χ3v) is 4.24. The highest BCUT2D eigenvalue weighted by Crippen LogP contribution is 2.26. The van der Waals surface area contributed by atoms with Crippen molar-refractivity contribution in [1.29, 1.82) is 0 Å². The van der Waals surface area contributed by atoms with Gasteiger partial charge >= 0.3 is 0 Å². The summed E-state index contributed by atoms with van der Waals surface area (Å²) in [5, 5.41) is 3.35. The maximum atomic E-state index is 13.0. The van der Waals surface area contributed by atoms with E-state index in [2.05, 4.69) is 5.32 Å². The van der Waals surface area contributed by atoms with Gasteiger partial charge in [-0.25, -0.2) is 0 Å². The summed E-state index contributed by atoms with van der Waals surface area (Å²) in [6, 6.07) is 13.2. The molecule has 0 saturated carbocycles. The van der Waals surface area contributed by atoms with Gasteiger partial charge in [0.25, 0.3) is 5.91 Å². The summed E-state index contributed by atoms with van der Waals surface area (Å²) in [6.07, 6.45) is 0. The number of hydrogen-bond donors (Lipinski definition) is 2. The standard InChI is InChI=1S/C20H25N3O2/c1-13(2)23(12-19(21)24)20(25)16-9-5-6-10-18(16)22-17-11-7-8-14(3)15(17)4/h5-11,13,22H,12H2,1-4H3,(H2,21,24). The highest BCUT2D eigenvalue weighted by atomic mass is 16.2. The molecule has 5 heteroatoms. The minimum absolute atomic E-state index is 0.103. The van der Waals surface area contributed by atoms with Gasteiger partial charge in [-0.3, -0.25) is 9.59 Å². The highest BCUT2D eigenvalue weighted by Gasteiger charge is 2.22. The molecule has 5 nitrogen and oxygen atoms in total. The molecule has 2 rings (SSSR count). The van der Waals surface area contributed by atoms with E-state index in [9.17, 15) is 9.59 Å². The molecule has 0 fully saturated rings. The Morgan fingerprint density at radius 2 is 1.68 bits per heavy atom. The number of carbonyl (C=O) groups is 2. The van der Waals surface area contributed by atoms with Crippen molar-refractivity contribution in [1.82, 2.24) is 4.90 Å². The molecule has 3 N–H and O–H groups in total. The van der Waals surface area contributed by atoms with Gasteiger partial charge in [-0.2, -0.15) is 0 Å². The number of primary amides is 1. The van der Waals surface area contributed by atoms with Crippen LogP contribution in [0.5, 0.6) is 0 Å². The molecule has 0 bridgehead atoms. The van der Waals surface area contributed by atoms with E-state index in [1.807, 2.05) is 64.1 Å². The van der Waals surface area contributed by atoms with Crippen molar-refractivity contribution in [3.8, 4) is 0 Å². The zero-order valence-electron chi connectivity index (χ0n) is 15.2. The molecular formula is C20H25N3O2. The fraction of sp³-hybridized carbons (Fsp3) is 0.300. The van der Waals surface area contributed by atoms with E-state index in [1.165, 1.54) is 10.5 Å². The Bertz CT molecular complexity index is 784. The molecule has 2 amide bonds. The molecule has 0 radical (unpaired) electrons. The Labute approximate surface area is 148 Å². The van der Waals surface area contributed by atoms with Crippen LogP contribution >= 0.6 is 0 Å². The number of carbonyl (C=O) groups excluding carboxylic acids is 2.